The van der Waals surface area contributed by atoms with Gasteiger partial charge in [0.2, 0.25) is 5.91 Å². The van der Waals surface area contributed by atoms with Crippen molar-refractivity contribution in [2.24, 2.45) is 7.05 Å². The number of likely N-dealkylation sites (N-methyl/N-ethyl adjacent to an activating group) is 1. The average Bonchev–Trinajstić information content (AvgIpc) is 3.10. The summed E-state index contributed by atoms with van der Waals surface area (Å²) < 4.78 is 6.97. The number of amides is 1. The summed E-state index contributed by atoms with van der Waals surface area (Å²) in [6, 6.07) is 1.93. The third kappa shape index (κ3) is 2.76. The maximum atomic E-state index is 12.2. The van der Waals surface area contributed by atoms with Gasteiger partial charge in [-0.15, -0.1) is 0 Å². The van der Waals surface area contributed by atoms with Crippen LogP contribution in [0, 0.1) is 20.8 Å². The van der Waals surface area contributed by atoms with E-state index in [1.54, 1.807) is 0 Å². The van der Waals surface area contributed by atoms with Crippen LogP contribution in [0.3, 0.4) is 0 Å². The van der Waals surface area contributed by atoms with Gasteiger partial charge in [-0.1, -0.05) is 5.16 Å². The van der Waals surface area contributed by atoms with E-state index in [-0.39, 0.29) is 18.0 Å². The highest BCUT2D eigenvalue weighted by atomic mass is 16.5. The Labute approximate surface area is 135 Å². The van der Waals surface area contributed by atoms with Crippen molar-refractivity contribution in [3.05, 3.63) is 34.5 Å². The molecule has 7 nitrogen and oxygen atoms in total. The number of rotatable bonds is 4. The van der Waals surface area contributed by atoms with Gasteiger partial charge in [0.05, 0.1) is 17.4 Å². The van der Waals surface area contributed by atoms with Crippen LogP contribution in [0.15, 0.2) is 10.6 Å². The van der Waals surface area contributed by atoms with E-state index in [9.17, 15) is 4.79 Å². The Morgan fingerprint density at radius 2 is 2.09 bits per heavy atom. The fourth-order valence-corrected chi connectivity index (χ4v) is 3.40. The molecule has 0 unspecified atom stereocenters. The van der Waals surface area contributed by atoms with E-state index in [0.717, 1.165) is 28.4 Å². The smallest absolute Gasteiger partial charge is 0.224 e. The molecule has 1 aliphatic rings. The fraction of sp³-hybridized carbons (Fsp3) is 0.562. The molecule has 1 N–H and O–H groups in total. The molecule has 2 aromatic rings. The molecule has 3 heterocycles. The topological polar surface area (TPSA) is 76.2 Å². The summed E-state index contributed by atoms with van der Waals surface area (Å²) >= 11 is 0. The summed E-state index contributed by atoms with van der Waals surface area (Å²) in [7, 11) is 3.80. The largest absolute Gasteiger partial charge is 0.361 e. The van der Waals surface area contributed by atoms with Crippen molar-refractivity contribution in [1.29, 1.82) is 0 Å². The van der Waals surface area contributed by atoms with E-state index in [0.29, 0.717) is 13.0 Å². The summed E-state index contributed by atoms with van der Waals surface area (Å²) in [4.78, 5) is 14.1. The van der Waals surface area contributed by atoms with Crippen LogP contribution in [0.2, 0.25) is 0 Å². The molecule has 0 bridgehead atoms. The van der Waals surface area contributed by atoms with E-state index in [1.165, 1.54) is 0 Å². The lowest BCUT2D eigenvalue weighted by Crippen LogP contribution is -2.35. The highest BCUT2D eigenvalue weighted by Gasteiger charge is 2.40. The predicted molar refractivity (Wildman–Crippen MR) is 84.7 cm³/mol. The molecule has 1 amide bonds. The van der Waals surface area contributed by atoms with Gasteiger partial charge in [-0.2, -0.15) is 5.10 Å². The fourth-order valence-electron chi connectivity index (χ4n) is 3.40. The van der Waals surface area contributed by atoms with E-state index in [2.05, 4.69) is 15.6 Å². The number of nitrogens with one attached hydrogen (secondary N) is 1. The van der Waals surface area contributed by atoms with Gasteiger partial charge in [0.1, 0.15) is 5.76 Å². The number of likely N-dealkylation sites (tertiary alicyclic amines) is 1. The van der Waals surface area contributed by atoms with E-state index in [1.807, 2.05) is 50.5 Å². The standard InChI is InChI=1S/C16H23N5O2/c1-9-6-12(19-23-9)8-17-13-7-14(22)20(4)16(13)15-10(2)18-21(5)11(15)3/h6,13,16-17H,7-8H2,1-5H3/t13-,16-/m1/s1. The molecule has 0 radical (unpaired) electrons. The van der Waals surface area contributed by atoms with E-state index >= 15 is 0 Å². The zero-order chi connectivity index (χ0) is 16.7. The second-order valence-electron chi connectivity index (χ2n) is 6.28. The van der Waals surface area contributed by atoms with Crippen molar-refractivity contribution >= 4 is 5.91 Å². The molecule has 0 saturated carbocycles. The summed E-state index contributed by atoms with van der Waals surface area (Å²) in [6.45, 7) is 6.49. The van der Waals surface area contributed by atoms with E-state index in [4.69, 9.17) is 4.52 Å². The maximum absolute atomic E-state index is 12.2. The quantitative estimate of drug-likeness (QED) is 0.922. The minimum absolute atomic E-state index is 0.0100. The molecule has 1 saturated heterocycles. The third-order valence-corrected chi connectivity index (χ3v) is 4.67. The first-order valence-corrected chi connectivity index (χ1v) is 7.79. The first kappa shape index (κ1) is 15.7. The monoisotopic (exact) mass is 317 g/mol. The van der Waals surface area contributed by atoms with Crippen molar-refractivity contribution in [1.82, 2.24) is 25.2 Å². The Morgan fingerprint density at radius 1 is 1.35 bits per heavy atom. The van der Waals surface area contributed by atoms with Crippen LogP contribution < -0.4 is 5.32 Å². The minimum atomic E-state index is -0.0100. The highest BCUT2D eigenvalue weighted by Crippen LogP contribution is 2.35. The van der Waals surface area contributed by atoms with Crippen molar-refractivity contribution in [2.75, 3.05) is 7.05 Å². The molecule has 3 rings (SSSR count). The van der Waals surface area contributed by atoms with Gasteiger partial charge in [0.25, 0.3) is 0 Å². The van der Waals surface area contributed by atoms with Gasteiger partial charge in [-0.3, -0.25) is 9.48 Å². The number of carbonyl (C=O) groups excluding carboxylic acids is 1. The van der Waals surface area contributed by atoms with E-state index < -0.39 is 0 Å². The lowest BCUT2D eigenvalue weighted by molar-refractivity contribution is -0.127. The number of nitrogens with zero attached hydrogens (tertiary/aromatic N) is 4. The van der Waals surface area contributed by atoms with Crippen molar-refractivity contribution in [3.63, 3.8) is 0 Å². The molecule has 2 aromatic heterocycles. The number of hydrogen-bond donors (Lipinski definition) is 1. The predicted octanol–water partition coefficient (Wildman–Crippen LogP) is 1.39. The first-order chi connectivity index (χ1) is 10.9. The van der Waals surface area contributed by atoms with Crippen molar-refractivity contribution in [3.8, 4) is 0 Å². The lowest BCUT2D eigenvalue weighted by atomic mass is 9.98. The molecular formula is C16H23N5O2. The van der Waals surface area contributed by atoms with Crippen LogP contribution in [0.25, 0.3) is 0 Å². The second-order valence-corrected chi connectivity index (χ2v) is 6.28. The lowest BCUT2D eigenvalue weighted by Gasteiger charge is -2.26. The van der Waals surface area contributed by atoms with Gasteiger partial charge in [-0.05, 0) is 20.8 Å². The molecule has 1 fully saturated rings. The molecule has 0 aliphatic carbocycles. The zero-order valence-electron chi connectivity index (χ0n) is 14.3. The molecule has 1 aliphatic heterocycles. The van der Waals surface area contributed by atoms with Crippen LogP contribution in [0.5, 0.6) is 0 Å². The number of aryl methyl sites for hydroxylation is 3. The summed E-state index contributed by atoms with van der Waals surface area (Å²) in [5, 5.41) is 12.0. The number of carbonyl (C=O) groups is 1. The Hall–Kier alpha value is -2.15. The molecule has 0 aromatic carbocycles. The number of hydrogen-bond acceptors (Lipinski definition) is 5. The van der Waals surface area contributed by atoms with Crippen LogP contribution in [-0.4, -0.2) is 38.8 Å². The molecular weight excluding hydrogens is 294 g/mol. The van der Waals surface area contributed by atoms with Crippen LogP contribution in [0.4, 0.5) is 0 Å². The van der Waals surface area contributed by atoms with Gasteiger partial charge in [0.15, 0.2) is 0 Å². The summed E-state index contributed by atoms with van der Waals surface area (Å²) in [5.74, 6) is 0.934. The van der Waals surface area contributed by atoms with Gasteiger partial charge in [-0.25, -0.2) is 0 Å². The minimum Gasteiger partial charge on any atom is -0.361 e. The Morgan fingerprint density at radius 3 is 2.65 bits per heavy atom. The van der Waals surface area contributed by atoms with Crippen molar-refractivity contribution < 1.29 is 9.32 Å². The SMILES string of the molecule is Cc1cc(CN[C@@H]2CC(=O)N(C)[C@H]2c2c(C)nn(C)c2C)no1. The first-order valence-electron chi connectivity index (χ1n) is 7.79. The normalized spacial score (nSPS) is 21.4. The zero-order valence-corrected chi connectivity index (χ0v) is 14.3. The Bertz CT molecular complexity index is 733. The average molecular weight is 317 g/mol. The molecule has 124 valence electrons. The highest BCUT2D eigenvalue weighted by molar-refractivity contribution is 5.80. The van der Waals surface area contributed by atoms with Crippen LogP contribution in [-0.2, 0) is 18.4 Å². The molecule has 0 spiro atoms. The molecule has 23 heavy (non-hydrogen) atoms. The van der Waals surface area contributed by atoms with Gasteiger partial charge >= 0.3 is 0 Å². The second kappa shape index (κ2) is 5.81. The maximum Gasteiger partial charge on any atom is 0.224 e. The molecule has 2 atom stereocenters. The van der Waals surface area contributed by atoms with Gasteiger partial charge < -0.3 is 14.7 Å². The molecule has 7 heteroatoms. The summed E-state index contributed by atoms with van der Waals surface area (Å²) in [6.07, 6.45) is 0.478. The van der Waals surface area contributed by atoms with Crippen molar-refractivity contribution in [2.45, 2.75) is 45.8 Å². The van der Waals surface area contributed by atoms with Gasteiger partial charge in [0, 0.05) is 50.4 Å². The van der Waals surface area contributed by atoms with Crippen LogP contribution in [0.1, 0.15) is 40.9 Å². The third-order valence-electron chi connectivity index (χ3n) is 4.67. The van der Waals surface area contributed by atoms with Crippen LogP contribution >= 0.6 is 0 Å². The Balaban J connectivity index is 1.84. The Kier molecular flexibility index (Phi) is 3.97. The summed E-state index contributed by atoms with van der Waals surface area (Å²) in [5.41, 5.74) is 4.05. The number of aromatic nitrogens is 3.